The van der Waals surface area contributed by atoms with Crippen LogP contribution in [0.4, 0.5) is 4.39 Å². The maximum absolute atomic E-state index is 14.1. The van der Waals surface area contributed by atoms with Crippen LogP contribution in [0, 0.1) is 5.82 Å². The minimum absolute atomic E-state index is 0.0127. The molecule has 1 atom stereocenters. The van der Waals surface area contributed by atoms with E-state index in [2.05, 4.69) is 0 Å². The highest BCUT2D eigenvalue weighted by Crippen LogP contribution is 2.21. The smallest absolute Gasteiger partial charge is 0.308 e. The third kappa shape index (κ3) is 5.53. The molecular formula is C20H24FNO4S. The second-order valence-corrected chi connectivity index (χ2v) is 8.11. The molecule has 0 aliphatic rings. The SMILES string of the molecule is CCC(C)N(Cc1cccc(OS(=O)(=O)CC)c1)C(=O)c1ccccc1F. The number of rotatable bonds is 8. The average molecular weight is 393 g/mol. The number of hydrogen-bond acceptors (Lipinski definition) is 4. The van der Waals surface area contributed by atoms with Crippen molar-refractivity contribution in [2.75, 3.05) is 5.75 Å². The topological polar surface area (TPSA) is 63.7 Å². The zero-order valence-corrected chi connectivity index (χ0v) is 16.5. The van der Waals surface area contributed by atoms with Crippen LogP contribution in [0.2, 0.25) is 0 Å². The van der Waals surface area contributed by atoms with Crippen LogP contribution in [0.25, 0.3) is 0 Å². The molecule has 27 heavy (non-hydrogen) atoms. The van der Waals surface area contributed by atoms with Gasteiger partial charge >= 0.3 is 10.1 Å². The average Bonchev–Trinajstić information content (AvgIpc) is 2.65. The molecule has 0 spiro atoms. The van der Waals surface area contributed by atoms with E-state index in [-0.39, 0.29) is 29.7 Å². The fraction of sp³-hybridized carbons (Fsp3) is 0.350. The third-order valence-corrected chi connectivity index (χ3v) is 5.47. The summed E-state index contributed by atoms with van der Waals surface area (Å²) in [5.41, 5.74) is 0.711. The molecule has 7 heteroatoms. The Kier molecular flexibility index (Phi) is 6.96. The molecule has 146 valence electrons. The van der Waals surface area contributed by atoms with Crippen molar-refractivity contribution in [1.29, 1.82) is 0 Å². The van der Waals surface area contributed by atoms with Crippen LogP contribution >= 0.6 is 0 Å². The van der Waals surface area contributed by atoms with Gasteiger partial charge in [-0.3, -0.25) is 4.79 Å². The summed E-state index contributed by atoms with van der Waals surface area (Å²) in [4.78, 5) is 14.5. The lowest BCUT2D eigenvalue weighted by Crippen LogP contribution is -2.38. The van der Waals surface area contributed by atoms with Crippen LogP contribution in [0.15, 0.2) is 48.5 Å². The fourth-order valence-corrected chi connectivity index (χ4v) is 3.05. The number of carbonyl (C=O) groups excluding carboxylic acids is 1. The van der Waals surface area contributed by atoms with Crippen molar-refractivity contribution in [2.24, 2.45) is 0 Å². The van der Waals surface area contributed by atoms with Crippen molar-refractivity contribution in [3.8, 4) is 5.75 Å². The Morgan fingerprint density at radius 1 is 1.15 bits per heavy atom. The fourth-order valence-electron chi connectivity index (χ4n) is 2.54. The van der Waals surface area contributed by atoms with Gasteiger partial charge in [0, 0.05) is 12.6 Å². The highest BCUT2D eigenvalue weighted by Gasteiger charge is 2.23. The molecule has 0 aliphatic heterocycles. The Bertz CT molecular complexity index is 898. The van der Waals surface area contributed by atoms with Crippen molar-refractivity contribution in [1.82, 2.24) is 4.90 Å². The Morgan fingerprint density at radius 3 is 2.48 bits per heavy atom. The van der Waals surface area contributed by atoms with Crippen LogP contribution in [-0.2, 0) is 16.7 Å². The molecule has 1 amide bonds. The van der Waals surface area contributed by atoms with Gasteiger partial charge in [-0.2, -0.15) is 8.42 Å². The Balaban J connectivity index is 2.29. The zero-order valence-electron chi connectivity index (χ0n) is 15.7. The van der Waals surface area contributed by atoms with E-state index in [4.69, 9.17) is 4.18 Å². The lowest BCUT2D eigenvalue weighted by atomic mass is 10.1. The van der Waals surface area contributed by atoms with Gasteiger partial charge in [-0.1, -0.05) is 31.2 Å². The normalized spacial score (nSPS) is 12.4. The molecule has 5 nitrogen and oxygen atoms in total. The van der Waals surface area contributed by atoms with Gasteiger partial charge in [0.2, 0.25) is 0 Å². The Labute approximate surface area is 159 Å². The number of nitrogens with zero attached hydrogens (tertiary/aromatic N) is 1. The molecule has 0 heterocycles. The summed E-state index contributed by atoms with van der Waals surface area (Å²) < 4.78 is 42.4. The van der Waals surface area contributed by atoms with Crippen LogP contribution in [0.5, 0.6) is 5.75 Å². The summed E-state index contributed by atoms with van der Waals surface area (Å²) in [6.07, 6.45) is 0.695. The summed E-state index contributed by atoms with van der Waals surface area (Å²) in [7, 11) is -3.63. The largest absolute Gasteiger partial charge is 0.382 e. The van der Waals surface area contributed by atoms with E-state index < -0.39 is 21.8 Å². The lowest BCUT2D eigenvalue weighted by molar-refractivity contribution is 0.0666. The van der Waals surface area contributed by atoms with E-state index in [1.807, 2.05) is 13.8 Å². The molecule has 1 unspecified atom stereocenters. The molecule has 0 saturated heterocycles. The third-order valence-electron chi connectivity index (χ3n) is 4.32. The lowest BCUT2D eigenvalue weighted by Gasteiger charge is -2.29. The summed E-state index contributed by atoms with van der Waals surface area (Å²) in [5, 5.41) is 0. The highest BCUT2D eigenvalue weighted by atomic mass is 32.2. The predicted octanol–water partition coefficient (Wildman–Crippen LogP) is 4.00. The number of hydrogen-bond donors (Lipinski definition) is 0. The molecule has 2 aromatic rings. The van der Waals surface area contributed by atoms with Crippen LogP contribution in [0.1, 0.15) is 43.1 Å². The van der Waals surface area contributed by atoms with Crippen LogP contribution < -0.4 is 4.18 Å². The number of amides is 1. The van der Waals surface area contributed by atoms with E-state index in [1.165, 1.54) is 25.1 Å². The van der Waals surface area contributed by atoms with Gasteiger partial charge in [-0.25, -0.2) is 4.39 Å². The van der Waals surface area contributed by atoms with Crippen LogP contribution in [-0.4, -0.2) is 31.0 Å². The first kappa shape index (κ1) is 20.9. The first-order valence-electron chi connectivity index (χ1n) is 8.84. The molecule has 2 aromatic carbocycles. The first-order valence-corrected chi connectivity index (χ1v) is 10.4. The number of benzene rings is 2. The van der Waals surface area contributed by atoms with Gasteiger partial charge in [0.1, 0.15) is 11.6 Å². The molecular weight excluding hydrogens is 369 g/mol. The molecule has 0 aromatic heterocycles. The van der Waals surface area contributed by atoms with Gasteiger partial charge in [0.05, 0.1) is 11.3 Å². The van der Waals surface area contributed by atoms with E-state index in [0.29, 0.717) is 12.0 Å². The summed E-state index contributed by atoms with van der Waals surface area (Å²) >= 11 is 0. The van der Waals surface area contributed by atoms with Crippen molar-refractivity contribution < 1.29 is 21.8 Å². The van der Waals surface area contributed by atoms with E-state index in [1.54, 1.807) is 35.2 Å². The zero-order chi connectivity index (χ0) is 20.0. The molecule has 0 radical (unpaired) electrons. The summed E-state index contributed by atoms with van der Waals surface area (Å²) in [6, 6.07) is 12.3. The standard InChI is InChI=1S/C20H24FNO4S/c1-4-15(3)22(20(23)18-11-6-7-12-19(18)21)14-16-9-8-10-17(13-16)26-27(24,25)5-2/h6-13,15H,4-5,14H2,1-3H3. The van der Waals surface area contributed by atoms with Gasteiger partial charge in [0.15, 0.2) is 0 Å². The molecule has 0 saturated carbocycles. The van der Waals surface area contributed by atoms with Crippen molar-refractivity contribution in [3.63, 3.8) is 0 Å². The summed E-state index contributed by atoms with van der Waals surface area (Å²) in [6.45, 7) is 5.54. The maximum Gasteiger partial charge on any atom is 0.308 e. The molecule has 0 aliphatic carbocycles. The predicted molar refractivity (Wildman–Crippen MR) is 103 cm³/mol. The Morgan fingerprint density at radius 2 is 1.85 bits per heavy atom. The second-order valence-electron chi connectivity index (χ2n) is 6.25. The minimum atomic E-state index is -3.63. The van der Waals surface area contributed by atoms with Gasteiger partial charge in [0.25, 0.3) is 5.91 Å². The van der Waals surface area contributed by atoms with Gasteiger partial charge < -0.3 is 9.08 Å². The monoisotopic (exact) mass is 393 g/mol. The molecule has 0 N–H and O–H groups in total. The highest BCUT2D eigenvalue weighted by molar-refractivity contribution is 7.87. The van der Waals surface area contributed by atoms with Crippen molar-refractivity contribution in [2.45, 2.75) is 39.8 Å². The Hall–Kier alpha value is -2.41. The summed E-state index contributed by atoms with van der Waals surface area (Å²) in [5.74, 6) is -0.921. The van der Waals surface area contributed by atoms with E-state index in [9.17, 15) is 17.6 Å². The number of carbonyl (C=O) groups is 1. The molecule has 0 fully saturated rings. The van der Waals surface area contributed by atoms with Crippen LogP contribution in [0.3, 0.4) is 0 Å². The van der Waals surface area contributed by atoms with Gasteiger partial charge in [-0.15, -0.1) is 0 Å². The first-order chi connectivity index (χ1) is 12.8. The quantitative estimate of drug-likeness (QED) is 0.636. The molecule has 2 rings (SSSR count). The number of halogens is 1. The van der Waals surface area contributed by atoms with E-state index >= 15 is 0 Å². The second kappa shape index (κ2) is 8.99. The molecule has 0 bridgehead atoms. The van der Waals surface area contributed by atoms with Crippen molar-refractivity contribution >= 4 is 16.0 Å². The maximum atomic E-state index is 14.1. The van der Waals surface area contributed by atoms with E-state index in [0.717, 1.165) is 0 Å². The van der Waals surface area contributed by atoms with Crippen molar-refractivity contribution in [3.05, 3.63) is 65.5 Å². The van der Waals surface area contributed by atoms with Gasteiger partial charge in [-0.05, 0) is 50.1 Å². The minimum Gasteiger partial charge on any atom is -0.382 e.